The van der Waals surface area contributed by atoms with Crippen LogP contribution in [0.4, 0.5) is 0 Å². The summed E-state index contributed by atoms with van der Waals surface area (Å²) in [6.07, 6.45) is 3.08. The maximum absolute atomic E-state index is 5.95. The van der Waals surface area contributed by atoms with Gasteiger partial charge in [-0.05, 0) is 0 Å². The Morgan fingerprint density at radius 3 is 2.80 bits per heavy atom. The maximum Gasteiger partial charge on any atom is 0.245 e. The highest BCUT2D eigenvalue weighted by Gasteiger charge is 2.17. The molecule has 3 aromatic heterocycles. The Kier molecular flexibility index (Phi) is 3.23. The normalized spacial score (nSPS) is 11.2. The number of methoxy groups -OCH3 is 1. The topological polar surface area (TPSA) is 83.5 Å². The number of aromatic nitrogens is 7. The molecule has 0 fully saturated rings. The molecule has 9 heteroatoms. The Bertz CT molecular complexity index is 750. The predicted octanol–water partition coefficient (Wildman–Crippen LogP) is 0.750. The molecule has 20 heavy (non-hydrogen) atoms. The summed E-state index contributed by atoms with van der Waals surface area (Å²) in [5.41, 5.74) is 1.24. The van der Waals surface area contributed by atoms with Gasteiger partial charge in [0.05, 0.1) is 19.5 Å². The number of ether oxygens (including phenoxy) is 1. The van der Waals surface area contributed by atoms with Gasteiger partial charge in [0, 0.05) is 7.05 Å². The van der Waals surface area contributed by atoms with E-state index in [4.69, 9.17) is 16.3 Å². The lowest BCUT2D eigenvalue weighted by Gasteiger charge is -2.04. The van der Waals surface area contributed by atoms with Crippen LogP contribution in [0.1, 0.15) is 11.6 Å². The number of nitrogens with zero attached hydrogens (tertiary/aromatic N) is 7. The Morgan fingerprint density at radius 1 is 1.30 bits per heavy atom. The fourth-order valence-electron chi connectivity index (χ4n) is 1.98. The van der Waals surface area contributed by atoms with E-state index < -0.39 is 0 Å². The zero-order valence-electron chi connectivity index (χ0n) is 11.0. The lowest BCUT2D eigenvalue weighted by atomic mass is 10.5. The van der Waals surface area contributed by atoms with Crippen LogP contribution in [0.5, 0.6) is 5.88 Å². The van der Waals surface area contributed by atoms with Crippen LogP contribution in [0.3, 0.4) is 0 Å². The highest BCUT2D eigenvalue weighted by Crippen LogP contribution is 2.22. The second-order valence-electron chi connectivity index (χ2n) is 4.14. The fraction of sp³-hybridized carbons (Fsp3) is 0.364. The number of hydrogen-bond donors (Lipinski definition) is 0. The van der Waals surface area contributed by atoms with Crippen molar-refractivity contribution < 1.29 is 4.74 Å². The van der Waals surface area contributed by atoms with Crippen LogP contribution in [-0.4, -0.2) is 41.4 Å². The number of hydrogen-bond acceptors (Lipinski definition) is 6. The molecule has 0 aliphatic rings. The van der Waals surface area contributed by atoms with Crippen LogP contribution in [0.2, 0.25) is 0 Å². The van der Waals surface area contributed by atoms with Crippen LogP contribution in [0, 0.1) is 0 Å². The van der Waals surface area contributed by atoms with Gasteiger partial charge in [-0.25, -0.2) is 15.0 Å². The number of imidazole rings is 1. The molecule has 104 valence electrons. The number of fused-ring (bicyclic) bond motifs is 1. The van der Waals surface area contributed by atoms with Crippen molar-refractivity contribution >= 4 is 22.8 Å². The molecule has 0 radical (unpaired) electrons. The van der Waals surface area contributed by atoms with E-state index in [1.807, 2.05) is 11.6 Å². The van der Waals surface area contributed by atoms with E-state index in [-0.39, 0.29) is 5.88 Å². The zero-order valence-corrected chi connectivity index (χ0v) is 11.7. The Balaban J connectivity index is 2.13. The second-order valence-corrected chi connectivity index (χ2v) is 4.40. The van der Waals surface area contributed by atoms with Crippen molar-refractivity contribution in [1.29, 1.82) is 0 Å². The maximum atomic E-state index is 5.95. The molecule has 3 heterocycles. The first-order valence-electron chi connectivity index (χ1n) is 5.87. The van der Waals surface area contributed by atoms with Crippen LogP contribution in [0.15, 0.2) is 12.7 Å². The molecule has 8 nitrogen and oxygen atoms in total. The van der Waals surface area contributed by atoms with Crippen molar-refractivity contribution in [3.8, 4) is 5.88 Å². The average molecular weight is 294 g/mol. The standard InChI is InChI=1S/C11H12ClN7O/c1-18-6-15-7(17-18)4-19-8(3-12)16-9-10(19)13-5-14-11(9)20-2/h5-6H,3-4H2,1-2H3. The van der Waals surface area contributed by atoms with Crippen molar-refractivity contribution in [3.63, 3.8) is 0 Å². The minimum absolute atomic E-state index is 0.256. The summed E-state index contributed by atoms with van der Waals surface area (Å²) in [4.78, 5) is 16.9. The molecule has 0 N–H and O–H groups in total. The van der Waals surface area contributed by atoms with Crippen molar-refractivity contribution in [3.05, 3.63) is 24.3 Å². The summed E-state index contributed by atoms with van der Waals surface area (Å²) >= 11 is 5.95. The summed E-state index contributed by atoms with van der Waals surface area (Å²) in [6.45, 7) is 0.444. The summed E-state index contributed by atoms with van der Waals surface area (Å²) < 4.78 is 8.70. The van der Waals surface area contributed by atoms with E-state index >= 15 is 0 Å². The van der Waals surface area contributed by atoms with Gasteiger partial charge in [-0.2, -0.15) is 10.1 Å². The third kappa shape index (κ3) is 2.07. The van der Waals surface area contributed by atoms with E-state index in [1.54, 1.807) is 18.1 Å². The molecule has 0 amide bonds. The third-order valence-electron chi connectivity index (χ3n) is 2.84. The summed E-state index contributed by atoms with van der Waals surface area (Å²) in [5, 5.41) is 4.25. The van der Waals surface area contributed by atoms with Crippen LogP contribution < -0.4 is 4.74 Å². The molecule has 0 aliphatic carbocycles. The van der Waals surface area contributed by atoms with Crippen molar-refractivity contribution in [2.45, 2.75) is 12.4 Å². The monoisotopic (exact) mass is 293 g/mol. The molecule has 0 aliphatic heterocycles. The van der Waals surface area contributed by atoms with E-state index in [2.05, 4.69) is 25.0 Å². The van der Waals surface area contributed by atoms with Gasteiger partial charge in [-0.3, -0.25) is 4.68 Å². The average Bonchev–Trinajstić information content (AvgIpc) is 3.03. The van der Waals surface area contributed by atoms with Crippen molar-refractivity contribution in [2.75, 3.05) is 7.11 Å². The number of aryl methyl sites for hydroxylation is 1. The Hall–Kier alpha value is -2.22. The predicted molar refractivity (Wildman–Crippen MR) is 71.5 cm³/mol. The summed E-state index contributed by atoms with van der Waals surface area (Å²) in [5.74, 6) is 2.02. The van der Waals surface area contributed by atoms with Gasteiger partial charge in [0.2, 0.25) is 5.88 Å². The first kappa shape index (κ1) is 12.8. The number of rotatable bonds is 4. The SMILES string of the molecule is COc1ncnc2c1nc(CCl)n2Cc1ncn(C)n1. The van der Waals surface area contributed by atoms with Gasteiger partial charge < -0.3 is 9.30 Å². The number of halogens is 1. The minimum Gasteiger partial charge on any atom is -0.479 e. The molecule has 0 saturated heterocycles. The quantitative estimate of drug-likeness (QED) is 0.660. The molecule has 0 bridgehead atoms. The molecule has 3 aromatic rings. The van der Waals surface area contributed by atoms with E-state index in [1.165, 1.54) is 6.33 Å². The third-order valence-corrected chi connectivity index (χ3v) is 3.08. The fourth-order valence-corrected chi connectivity index (χ4v) is 2.18. The van der Waals surface area contributed by atoms with Gasteiger partial charge >= 0.3 is 0 Å². The molecule has 0 spiro atoms. The van der Waals surface area contributed by atoms with Crippen LogP contribution in [-0.2, 0) is 19.5 Å². The first-order valence-corrected chi connectivity index (χ1v) is 6.41. The smallest absolute Gasteiger partial charge is 0.245 e. The summed E-state index contributed by atoms with van der Waals surface area (Å²) in [6, 6.07) is 0. The van der Waals surface area contributed by atoms with E-state index in [0.717, 1.165) is 0 Å². The highest BCUT2D eigenvalue weighted by molar-refractivity contribution is 6.16. The van der Waals surface area contributed by atoms with Crippen LogP contribution in [0.25, 0.3) is 11.2 Å². The largest absolute Gasteiger partial charge is 0.479 e. The highest BCUT2D eigenvalue weighted by atomic mass is 35.5. The lowest BCUT2D eigenvalue weighted by molar-refractivity contribution is 0.401. The first-order chi connectivity index (χ1) is 9.72. The second kappa shape index (κ2) is 5.04. The van der Waals surface area contributed by atoms with Crippen molar-refractivity contribution in [1.82, 2.24) is 34.3 Å². The molecule has 0 aromatic carbocycles. The van der Waals surface area contributed by atoms with Crippen molar-refractivity contribution in [2.24, 2.45) is 7.05 Å². The Morgan fingerprint density at radius 2 is 2.15 bits per heavy atom. The van der Waals surface area contributed by atoms with Crippen LogP contribution >= 0.6 is 11.6 Å². The lowest BCUT2D eigenvalue weighted by Crippen LogP contribution is -2.06. The zero-order chi connectivity index (χ0) is 14.1. The molecular weight excluding hydrogens is 282 g/mol. The minimum atomic E-state index is 0.256. The molecule has 0 atom stereocenters. The molecule has 0 saturated carbocycles. The summed E-state index contributed by atoms with van der Waals surface area (Å²) in [7, 11) is 3.36. The number of alkyl halides is 1. The van der Waals surface area contributed by atoms with Gasteiger partial charge in [0.15, 0.2) is 17.0 Å². The van der Waals surface area contributed by atoms with Gasteiger partial charge in [-0.1, -0.05) is 0 Å². The van der Waals surface area contributed by atoms with Gasteiger partial charge in [0.25, 0.3) is 0 Å². The van der Waals surface area contributed by atoms with E-state index in [0.29, 0.717) is 35.2 Å². The molecular formula is C11H12ClN7O. The van der Waals surface area contributed by atoms with E-state index in [9.17, 15) is 0 Å². The van der Waals surface area contributed by atoms with Gasteiger partial charge in [0.1, 0.15) is 18.5 Å². The van der Waals surface area contributed by atoms with Gasteiger partial charge in [-0.15, -0.1) is 11.6 Å². The Labute approximate surface area is 119 Å². The molecule has 3 rings (SSSR count). The molecule has 0 unspecified atom stereocenters.